The molecule has 0 saturated carbocycles. The van der Waals surface area contributed by atoms with Gasteiger partial charge in [0.2, 0.25) is 17.1 Å². The Bertz CT molecular complexity index is 1450. The van der Waals surface area contributed by atoms with E-state index in [0.717, 1.165) is 5.56 Å². The minimum atomic E-state index is -4.71. The first kappa shape index (κ1) is 26.3. The molecule has 2 aliphatic rings. The van der Waals surface area contributed by atoms with Crippen LogP contribution in [0.2, 0.25) is 0 Å². The zero-order valence-corrected chi connectivity index (χ0v) is 21.1. The SMILES string of the molecule is N=C(OC(N)=N[C@H]1N=C(c2ccccc2)c2ccccc2NC1=O)c1nc(C(F)(F)F)sc1N1CCOCC1. The summed E-state index contributed by atoms with van der Waals surface area (Å²) < 4.78 is 50.9. The monoisotopic (exact) mass is 557 g/mol. The average molecular weight is 558 g/mol. The van der Waals surface area contributed by atoms with Crippen LogP contribution in [-0.4, -0.2) is 61.0 Å². The molecular weight excluding hydrogens is 535 g/mol. The molecule has 202 valence electrons. The molecule has 4 N–H and O–H groups in total. The maximum absolute atomic E-state index is 13.4. The van der Waals surface area contributed by atoms with Crippen molar-refractivity contribution in [2.75, 3.05) is 36.5 Å². The summed E-state index contributed by atoms with van der Waals surface area (Å²) in [6, 6.07) is 15.6. The van der Waals surface area contributed by atoms with Gasteiger partial charge in [-0.15, -0.1) is 0 Å². The van der Waals surface area contributed by atoms with Crippen LogP contribution in [0.3, 0.4) is 0 Å². The number of thiazole rings is 1. The normalized spacial score (nSPS) is 18.1. The van der Waals surface area contributed by atoms with Crippen molar-refractivity contribution in [3.8, 4) is 0 Å². The molecule has 14 heteroatoms. The van der Waals surface area contributed by atoms with Gasteiger partial charge in [-0.05, 0) is 6.07 Å². The predicted octanol–water partition coefficient (Wildman–Crippen LogP) is 3.47. The van der Waals surface area contributed by atoms with E-state index in [2.05, 4.69) is 20.3 Å². The van der Waals surface area contributed by atoms with Gasteiger partial charge in [-0.25, -0.2) is 9.98 Å². The lowest BCUT2D eigenvalue weighted by molar-refractivity contribution is -0.137. The van der Waals surface area contributed by atoms with Gasteiger partial charge in [0.05, 0.1) is 24.6 Å². The smallest absolute Gasteiger partial charge is 0.405 e. The Morgan fingerprint density at radius 2 is 1.85 bits per heavy atom. The Balaban J connectivity index is 1.45. The van der Waals surface area contributed by atoms with Crippen molar-refractivity contribution in [3.05, 3.63) is 76.4 Å². The molecule has 1 amide bonds. The summed E-state index contributed by atoms with van der Waals surface area (Å²) in [5.74, 6) is -1.34. The highest BCUT2D eigenvalue weighted by atomic mass is 32.1. The van der Waals surface area contributed by atoms with Crippen molar-refractivity contribution in [1.82, 2.24) is 4.98 Å². The molecule has 3 heterocycles. The van der Waals surface area contributed by atoms with Gasteiger partial charge >= 0.3 is 6.18 Å². The van der Waals surface area contributed by atoms with E-state index in [1.54, 1.807) is 29.2 Å². The lowest BCUT2D eigenvalue weighted by Crippen LogP contribution is -2.37. The van der Waals surface area contributed by atoms with Crippen molar-refractivity contribution in [2.24, 2.45) is 15.7 Å². The fourth-order valence-corrected chi connectivity index (χ4v) is 5.00. The number of hydrogen-bond donors (Lipinski definition) is 3. The fourth-order valence-electron chi connectivity index (χ4n) is 4.02. The van der Waals surface area contributed by atoms with Crippen LogP contribution in [0.25, 0.3) is 0 Å². The molecule has 3 aromatic rings. The summed E-state index contributed by atoms with van der Waals surface area (Å²) in [7, 11) is 0. The number of amidine groups is 1. The van der Waals surface area contributed by atoms with Crippen LogP contribution in [0.1, 0.15) is 21.8 Å². The zero-order valence-electron chi connectivity index (χ0n) is 20.2. The molecule has 2 aromatic carbocycles. The summed E-state index contributed by atoms with van der Waals surface area (Å²) in [6.07, 6.45) is -6.10. The van der Waals surface area contributed by atoms with Crippen LogP contribution in [0.15, 0.2) is 64.6 Å². The highest BCUT2D eigenvalue weighted by Gasteiger charge is 2.38. The molecule has 39 heavy (non-hydrogen) atoms. The highest BCUT2D eigenvalue weighted by Crippen LogP contribution is 2.39. The Morgan fingerprint density at radius 1 is 1.15 bits per heavy atom. The maximum atomic E-state index is 13.4. The van der Waals surface area contributed by atoms with E-state index >= 15 is 0 Å². The van der Waals surface area contributed by atoms with Gasteiger partial charge in [-0.3, -0.25) is 10.2 Å². The van der Waals surface area contributed by atoms with Crippen molar-refractivity contribution in [3.63, 3.8) is 0 Å². The number of anilines is 2. The number of carbonyl (C=O) groups excluding carboxylic acids is 1. The van der Waals surface area contributed by atoms with Crippen LogP contribution < -0.4 is 16.0 Å². The second-order valence-electron chi connectivity index (χ2n) is 8.42. The molecule has 5 rings (SSSR count). The maximum Gasteiger partial charge on any atom is 0.443 e. The standard InChI is InChI=1S/C25H22F3N7O3S/c26-25(27,28)23-33-18(22(39-23)35-10-12-37-13-11-35)19(29)38-24(30)34-20-21(36)31-16-9-5-4-8-15(16)17(32-20)14-6-2-1-3-7-14/h1-9,20,29H,10-13H2,(H2,30,34)(H,31,36)/t20-/m1/s1. The van der Waals surface area contributed by atoms with Gasteiger partial charge in [-0.1, -0.05) is 59.9 Å². The van der Waals surface area contributed by atoms with Gasteiger partial charge in [-0.2, -0.15) is 18.2 Å². The average Bonchev–Trinajstić information content (AvgIpc) is 3.34. The number of ether oxygens (including phenoxy) is 2. The molecule has 0 bridgehead atoms. The van der Waals surface area contributed by atoms with Crippen LogP contribution in [-0.2, 0) is 20.4 Å². The van der Waals surface area contributed by atoms with E-state index < -0.39 is 35.2 Å². The second-order valence-corrected chi connectivity index (χ2v) is 9.40. The third-order valence-corrected chi connectivity index (χ3v) is 6.96. The first-order valence-electron chi connectivity index (χ1n) is 11.7. The minimum Gasteiger partial charge on any atom is -0.405 e. The van der Waals surface area contributed by atoms with Crippen molar-refractivity contribution in [1.29, 1.82) is 5.41 Å². The number of aliphatic imine (C=N–C) groups is 2. The number of aromatic nitrogens is 1. The highest BCUT2D eigenvalue weighted by molar-refractivity contribution is 7.16. The third-order valence-electron chi connectivity index (χ3n) is 5.79. The number of nitrogens with one attached hydrogen (secondary N) is 2. The quantitative estimate of drug-likeness (QED) is 0.332. The fraction of sp³-hybridized carbons (Fsp3) is 0.240. The lowest BCUT2D eigenvalue weighted by atomic mass is 10.0. The number of benzodiazepines with no additional fused rings is 1. The molecular formula is C25H22F3N7O3S. The number of benzene rings is 2. The van der Waals surface area contributed by atoms with Crippen LogP contribution in [0.5, 0.6) is 0 Å². The number of nitrogens with zero attached hydrogens (tertiary/aromatic N) is 4. The molecule has 2 aliphatic heterocycles. The Hall–Kier alpha value is -4.30. The van der Waals surface area contributed by atoms with E-state index in [9.17, 15) is 18.0 Å². The van der Waals surface area contributed by atoms with Crippen molar-refractivity contribution >= 4 is 45.6 Å². The topological polar surface area (TPSA) is 138 Å². The molecule has 0 unspecified atom stereocenters. The number of fused-ring (bicyclic) bond motifs is 1. The number of carbonyl (C=O) groups is 1. The van der Waals surface area contributed by atoms with Gasteiger partial charge < -0.3 is 25.4 Å². The van der Waals surface area contributed by atoms with E-state index in [1.165, 1.54) is 0 Å². The molecule has 0 aliphatic carbocycles. The Labute approximate surface area is 224 Å². The van der Waals surface area contributed by atoms with Gasteiger partial charge in [0.1, 0.15) is 5.00 Å². The molecule has 1 saturated heterocycles. The number of alkyl halides is 3. The first-order chi connectivity index (χ1) is 18.7. The molecule has 0 radical (unpaired) electrons. The molecule has 0 spiro atoms. The largest absolute Gasteiger partial charge is 0.443 e. The predicted molar refractivity (Wildman–Crippen MR) is 141 cm³/mol. The van der Waals surface area contributed by atoms with E-state index in [0.29, 0.717) is 54.6 Å². The second kappa shape index (κ2) is 10.8. The first-order valence-corrected chi connectivity index (χ1v) is 12.6. The van der Waals surface area contributed by atoms with Gasteiger partial charge in [0.25, 0.3) is 11.9 Å². The van der Waals surface area contributed by atoms with Crippen LogP contribution in [0.4, 0.5) is 23.9 Å². The van der Waals surface area contributed by atoms with Crippen molar-refractivity contribution < 1.29 is 27.4 Å². The summed E-state index contributed by atoms with van der Waals surface area (Å²) in [6.45, 7) is 1.28. The Morgan fingerprint density at radius 3 is 2.56 bits per heavy atom. The number of nitrogens with two attached hydrogens (primary N) is 1. The number of rotatable bonds is 4. The molecule has 1 aromatic heterocycles. The summed E-state index contributed by atoms with van der Waals surface area (Å²) in [5.41, 5.74) is 7.98. The van der Waals surface area contributed by atoms with E-state index in [-0.39, 0.29) is 10.7 Å². The minimum absolute atomic E-state index is 0.107. The lowest BCUT2D eigenvalue weighted by Gasteiger charge is -2.27. The number of halogens is 3. The number of hydrogen-bond acceptors (Lipinski definition) is 9. The molecule has 1 atom stereocenters. The Kier molecular flexibility index (Phi) is 7.30. The van der Waals surface area contributed by atoms with Gasteiger partial charge in [0, 0.05) is 24.2 Å². The van der Waals surface area contributed by atoms with E-state index in [4.69, 9.17) is 20.6 Å². The number of para-hydroxylation sites is 1. The van der Waals surface area contributed by atoms with Gasteiger partial charge in [0.15, 0.2) is 5.69 Å². The van der Waals surface area contributed by atoms with Crippen LogP contribution in [0, 0.1) is 5.41 Å². The summed E-state index contributed by atoms with van der Waals surface area (Å²) in [5, 5.41) is 10.1. The van der Waals surface area contributed by atoms with Crippen LogP contribution >= 0.6 is 11.3 Å². The number of morpholine rings is 1. The van der Waals surface area contributed by atoms with Crippen molar-refractivity contribution in [2.45, 2.75) is 12.3 Å². The van der Waals surface area contributed by atoms with E-state index in [1.807, 2.05) is 30.3 Å². The molecule has 10 nitrogen and oxygen atoms in total. The zero-order chi connectivity index (χ0) is 27.6. The third kappa shape index (κ3) is 5.76. The summed E-state index contributed by atoms with van der Waals surface area (Å²) >= 11 is 0.405. The number of amides is 1. The molecule has 1 fully saturated rings. The summed E-state index contributed by atoms with van der Waals surface area (Å²) in [4.78, 5) is 26.8.